The number of hydrogen-bond donors (Lipinski definition) is 1. The van der Waals surface area contributed by atoms with Crippen LogP contribution < -0.4 is 5.73 Å². The van der Waals surface area contributed by atoms with E-state index in [1.807, 2.05) is 24.3 Å². The number of hydrogen-bond acceptors (Lipinski definition) is 1. The van der Waals surface area contributed by atoms with Gasteiger partial charge in [-0.05, 0) is 36.2 Å². The Kier molecular flexibility index (Phi) is 4.52. The predicted octanol–water partition coefficient (Wildman–Crippen LogP) is 4.89. The van der Waals surface area contributed by atoms with Crippen LogP contribution >= 0.6 is 34.8 Å². The van der Waals surface area contributed by atoms with Crippen LogP contribution in [0.5, 0.6) is 0 Å². The van der Waals surface area contributed by atoms with Crippen LogP contribution in [0.2, 0.25) is 15.1 Å². The van der Waals surface area contributed by atoms with Crippen LogP contribution in [-0.4, -0.2) is 0 Å². The minimum atomic E-state index is -0.246. The highest BCUT2D eigenvalue weighted by atomic mass is 35.5. The summed E-state index contributed by atoms with van der Waals surface area (Å²) in [4.78, 5) is 0. The Morgan fingerprint density at radius 3 is 2.17 bits per heavy atom. The van der Waals surface area contributed by atoms with E-state index in [0.29, 0.717) is 21.5 Å². The van der Waals surface area contributed by atoms with Gasteiger partial charge in [-0.2, -0.15) is 0 Å². The van der Waals surface area contributed by atoms with Gasteiger partial charge in [0.15, 0.2) is 0 Å². The summed E-state index contributed by atoms with van der Waals surface area (Å²) in [5.41, 5.74) is 8.01. The smallest absolute Gasteiger partial charge is 0.0468 e. The first-order chi connectivity index (χ1) is 8.58. The number of rotatable bonds is 3. The molecule has 0 fully saturated rings. The lowest BCUT2D eigenvalue weighted by molar-refractivity contribution is 0.722. The van der Waals surface area contributed by atoms with Crippen molar-refractivity contribution in [3.05, 3.63) is 68.7 Å². The van der Waals surface area contributed by atoms with Gasteiger partial charge in [0.25, 0.3) is 0 Å². The van der Waals surface area contributed by atoms with E-state index in [1.165, 1.54) is 0 Å². The first kappa shape index (κ1) is 13.7. The molecule has 2 aromatic carbocycles. The molecule has 2 N–H and O–H groups in total. The van der Waals surface area contributed by atoms with Gasteiger partial charge < -0.3 is 5.73 Å². The van der Waals surface area contributed by atoms with Crippen molar-refractivity contribution in [1.82, 2.24) is 0 Å². The van der Waals surface area contributed by atoms with E-state index in [4.69, 9.17) is 40.5 Å². The summed E-state index contributed by atoms with van der Waals surface area (Å²) in [5.74, 6) is 0. The summed E-state index contributed by atoms with van der Waals surface area (Å²) in [5, 5.41) is 1.89. The van der Waals surface area contributed by atoms with Crippen molar-refractivity contribution in [2.24, 2.45) is 5.73 Å². The molecule has 0 heterocycles. The minimum Gasteiger partial charge on any atom is -0.324 e. The molecule has 94 valence electrons. The Balaban J connectivity index is 2.25. The molecule has 0 amide bonds. The monoisotopic (exact) mass is 299 g/mol. The second kappa shape index (κ2) is 5.94. The highest BCUT2D eigenvalue weighted by Gasteiger charge is 2.14. The molecule has 0 saturated heterocycles. The molecule has 0 saturated carbocycles. The molecule has 0 aliphatic rings. The SMILES string of the molecule is NC(Cc1cccc(Cl)c1)c1c(Cl)cccc1Cl. The van der Waals surface area contributed by atoms with Gasteiger partial charge in [0, 0.05) is 26.7 Å². The van der Waals surface area contributed by atoms with Crippen LogP contribution in [0, 0.1) is 0 Å². The van der Waals surface area contributed by atoms with Crippen LogP contribution in [-0.2, 0) is 6.42 Å². The van der Waals surface area contributed by atoms with Crippen molar-refractivity contribution in [2.45, 2.75) is 12.5 Å². The van der Waals surface area contributed by atoms with E-state index >= 15 is 0 Å². The zero-order valence-corrected chi connectivity index (χ0v) is 11.8. The second-order valence-electron chi connectivity index (χ2n) is 4.08. The van der Waals surface area contributed by atoms with Gasteiger partial charge in [-0.25, -0.2) is 0 Å². The molecule has 2 rings (SSSR count). The highest BCUT2D eigenvalue weighted by Crippen LogP contribution is 2.31. The maximum Gasteiger partial charge on any atom is 0.0468 e. The lowest BCUT2D eigenvalue weighted by Crippen LogP contribution is -2.14. The van der Waals surface area contributed by atoms with E-state index in [-0.39, 0.29) is 6.04 Å². The maximum absolute atomic E-state index is 6.17. The van der Waals surface area contributed by atoms with E-state index in [9.17, 15) is 0 Å². The standard InChI is InChI=1S/C14H12Cl3N/c15-10-4-1-3-9(7-10)8-13(18)14-11(16)5-2-6-12(14)17/h1-7,13H,8,18H2. The molecule has 0 aliphatic heterocycles. The van der Waals surface area contributed by atoms with Crippen molar-refractivity contribution in [3.8, 4) is 0 Å². The van der Waals surface area contributed by atoms with Crippen LogP contribution in [0.1, 0.15) is 17.2 Å². The van der Waals surface area contributed by atoms with Crippen molar-refractivity contribution in [3.63, 3.8) is 0 Å². The Hall–Kier alpha value is -0.730. The summed E-state index contributed by atoms with van der Waals surface area (Å²) >= 11 is 18.2. The lowest BCUT2D eigenvalue weighted by atomic mass is 9.99. The predicted molar refractivity (Wildman–Crippen MR) is 78.5 cm³/mol. The van der Waals surface area contributed by atoms with Crippen LogP contribution in [0.25, 0.3) is 0 Å². The Morgan fingerprint density at radius 1 is 0.944 bits per heavy atom. The summed E-state index contributed by atoms with van der Waals surface area (Å²) in [6.45, 7) is 0. The Bertz CT molecular complexity index is 534. The molecule has 1 nitrogen and oxygen atoms in total. The number of nitrogens with two attached hydrogens (primary N) is 1. The maximum atomic E-state index is 6.17. The van der Waals surface area contributed by atoms with Crippen molar-refractivity contribution in [2.75, 3.05) is 0 Å². The van der Waals surface area contributed by atoms with Gasteiger partial charge in [-0.1, -0.05) is 53.0 Å². The molecule has 1 atom stereocenters. The van der Waals surface area contributed by atoms with Crippen molar-refractivity contribution < 1.29 is 0 Å². The zero-order valence-electron chi connectivity index (χ0n) is 9.54. The average Bonchev–Trinajstić information content (AvgIpc) is 2.28. The first-order valence-corrected chi connectivity index (χ1v) is 6.65. The van der Waals surface area contributed by atoms with Crippen LogP contribution in [0.15, 0.2) is 42.5 Å². The first-order valence-electron chi connectivity index (χ1n) is 5.52. The molecule has 1 unspecified atom stereocenters. The fourth-order valence-corrected chi connectivity index (χ4v) is 2.78. The second-order valence-corrected chi connectivity index (χ2v) is 5.33. The lowest BCUT2D eigenvalue weighted by Gasteiger charge is -2.15. The summed E-state index contributed by atoms with van der Waals surface area (Å²) in [7, 11) is 0. The van der Waals surface area contributed by atoms with Gasteiger partial charge in [0.2, 0.25) is 0 Å². The highest BCUT2D eigenvalue weighted by molar-refractivity contribution is 6.36. The Morgan fingerprint density at radius 2 is 1.56 bits per heavy atom. The van der Waals surface area contributed by atoms with E-state index in [1.54, 1.807) is 18.2 Å². The fraction of sp³-hybridized carbons (Fsp3) is 0.143. The molecular weight excluding hydrogens is 289 g/mol. The number of benzene rings is 2. The van der Waals surface area contributed by atoms with Crippen LogP contribution in [0.3, 0.4) is 0 Å². The molecule has 0 spiro atoms. The Labute approximate surface area is 121 Å². The summed E-state index contributed by atoms with van der Waals surface area (Å²) in [6, 6.07) is 12.8. The normalized spacial score (nSPS) is 12.4. The zero-order chi connectivity index (χ0) is 13.1. The minimum absolute atomic E-state index is 0.246. The summed E-state index contributed by atoms with van der Waals surface area (Å²) < 4.78 is 0. The van der Waals surface area contributed by atoms with E-state index in [0.717, 1.165) is 11.1 Å². The third-order valence-corrected chi connectivity index (χ3v) is 3.61. The average molecular weight is 301 g/mol. The third kappa shape index (κ3) is 3.18. The molecule has 18 heavy (non-hydrogen) atoms. The topological polar surface area (TPSA) is 26.0 Å². The van der Waals surface area contributed by atoms with E-state index < -0.39 is 0 Å². The quantitative estimate of drug-likeness (QED) is 0.858. The molecule has 0 aromatic heterocycles. The van der Waals surface area contributed by atoms with Crippen LogP contribution in [0.4, 0.5) is 0 Å². The van der Waals surface area contributed by atoms with Gasteiger partial charge in [0.05, 0.1) is 0 Å². The third-order valence-electron chi connectivity index (χ3n) is 2.72. The van der Waals surface area contributed by atoms with E-state index in [2.05, 4.69) is 0 Å². The fourth-order valence-electron chi connectivity index (χ4n) is 1.88. The summed E-state index contributed by atoms with van der Waals surface area (Å²) in [6.07, 6.45) is 0.643. The van der Waals surface area contributed by atoms with Gasteiger partial charge in [-0.3, -0.25) is 0 Å². The molecule has 0 radical (unpaired) electrons. The molecule has 2 aromatic rings. The van der Waals surface area contributed by atoms with Gasteiger partial charge in [0.1, 0.15) is 0 Å². The number of halogens is 3. The molecule has 0 aliphatic carbocycles. The largest absolute Gasteiger partial charge is 0.324 e. The van der Waals surface area contributed by atoms with Crippen molar-refractivity contribution in [1.29, 1.82) is 0 Å². The van der Waals surface area contributed by atoms with Gasteiger partial charge >= 0.3 is 0 Å². The molecular formula is C14H12Cl3N. The molecule has 0 bridgehead atoms. The van der Waals surface area contributed by atoms with Crippen molar-refractivity contribution >= 4 is 34.8 Å². The van der Waals surface area contributed by atoms with Gasteiger partial charge in [-0.15, -0.1) is 0 Å². The molecule has 4 heteroatoms.